The molecule has 2 aromatic heterocycles. The zero-order valence-electron chi connectivity index (χ0n) is 18.3. The smallest absolute Gasteiger partial charge is 0.229 e. The van der Waals surface area contributed by atoms with Gasteiger partial charge in [0.1, 0.15) is 5.82 Å². The average molecular weight is 436 g/mol. The fourth-order valence-corrected chi connectivity index (χ4v) is 4.13. The molecule has 9 heteroatoms. The summed E-state index contributed by atoms with van der Waals surface area (Å²) in [5.74, 6) is 2.01. The Bertz CT molecular complexity index is 1020. The molecule has 168 valence electrons. The predicted octanol–water partition coefficient (Wildman–Crippen LogP) is 3.03. The standard InChI is InChI=1S/C23H29N7O2/c1-23(24)6-8-29(9-7-23)18-4-2-17(3-5-18)27-22-26-14-19(20-15-25-16-32-20)21(28-22)30-10-12-31-13-11-30/h2-5,14-16H,6-13,24H2,1H3,(H,26,27,28). The number of piperidine rings is 1. The summed E-state index contributed by atoms with van der Waals surface area (Å²) >= 11 is 0. The van der Waals surface area contributed by atoms with Crippen molar-refractivity contribution in [3.05, 3.63) is 43.1 Å². The van der Waals surface area contributed by atoms with E-state index in [0.717, 1.165) is 56.1 Å². The Morgan fingerprint density at radius 3 is 2.44 bits per heavy atom. The molecule has 9 nitrogen and oxygen atoms in total. The lowest BCUT2D eigenvalue weighted by atomic mass is 9.91. The van der Waals surface area contributed by atoms with E-state index < -0.39 is 0 Å². The second-order valence-corrected chi connectivity index (χ2v) is 8.71. The van der Waals surface area contributed by atoms with Crippen LogP contribution < -0.4 is 20.9 Å². The topological polar surface area (TPSA) is 106 Å². The summed E-state index contributed by atoms with van der Waals surface area (Å²) in [5.41, 5.74) is 9.19. The number of nitrogens with one attached hydrogen (secondary N) is 1. The number of rotatable bonds is 5. The van der Waals surface area contributed by atoms with Gasteiger partial charge in [0, 0.05) is 49.3 Å². The molecule has 2 fully saturated rings. The van der Waals surface area contributed by atoms with Gasteiger partial charge in [-0.05, 0) is 44.0 Å². The molecule has 5 rings (SSSR count). The largest absolute Gasteiger partial charge is 0.443 e. The van der Waals surface area contributed by atoms with Gasteiger partial charge in [-0.25, -0.2) is 9.97 Å². The Morgan fingerprint density at radius 1 is 1.00 bits per heavy atom. The molecule has 0 atom stereocenters. The highest BCUT2D eigenvalue weighted by Crippen LogP contribution is 2.31. The number of oxazole rings is 1. The average Bonchev–Trinajstić information content (AvgIpc) is 3.35. The number of nitrogens with two attached hydrogens (primary N) is 1. The quantitative estimate of drug-likeness (QED) is 0.625. The summed E-state index contributed by atoms with van der Waals surface area (Å²) in [6.07, 6.45) is 6.89. The van der Waals surface area contributed by atoms with E-state index in [4.69, 9.17) is 19.9 Å². The van der Waals surface area contributed by atoms with E-state index in [0.29, 0.717) is 24.9 Å². The number of nitrogens with zero attached hydrogens (tertiary/aromatic N) is 5. The molecule has 0 aliphatic carbocycles. The van der Waals surface area contributed by atoms with Gasteiger partial charge >= 0.3 is 0 Å². The highest BCUT2D eigenvalue weighted by atomic mass is 16.5. The van der Waals surface area contributed by atoms with E-state index in [2.05, 4.69) is 56.3 Å². The third-order valence-corrected chi connectivity index (χ3v) is 6.17. The van der Waals surface area contributed by atoms with Gasteiger partial charge in [-0.15, -0.1) is 0 Å². The number of ether oxygens (including phenoxy) is 1. The lowest BCUT2D eigenvalue weighted by Crippen LogP contribution is -2.48. The van der Waals surface area contributed by atoms with E-state index in [1.54, 1.807) is 12.4 Å². The first-order valence-electron chi connectivity index (χ1n) is 11.1. The van der Waals surface area contributed by atoms with Gasteiger partial charge in [0.05, 0.1) is 25.0 Å². The molecule has 3 aromatic rings. The van der Waals surface area contributed by atoms with Gasteiger partial charge in [-0.2, -0.15) is 4.98 Å². The molecule has 0 unspecified atom stereocenters. The third-order valence-electron chi connectivity index (χ3n) is 6.17. The van der Waals surface area contributed by atoms with Crippen molar-refractivity contribution in [1.29, 1.82) is 0 Å². The van der Waals surface area contributed by atoms with Gasteiger partial charge in [-0.3, -0.25) is 0 Å². The number of hydrogen-bond acceptors (Lipinski definition) is 9. The molecule has 0 saturated carbocycles. The number of benzene rings is 1. The molecule has 0 bridgehead atoms. The zero-order valence-corrected chi connectivity index (χ0v) is 18.3. The highest BCUT2D eigenvalue weighted by Gasteiger charge is 2.26. The maximum absolute atomic E-state index is 6.27. The van der Waals surface area contributed by atoms with Crippen molar-refractivity contribution < 1.29 is 9.15 Å². The maximum atomic E-state index is 6.27. The van der Waals surface area contributed by atoms with Crippen LogP contribution in [0.25, 0.3) is 11.3 Å². The van der Waals surface area contributed by atoms with Crippen LogP contribution in [0.15, 0.2) is 47.5 Å². The molecule has 1 aromatic carbocycles. The first-order valence-corrected chi connectivity index (χ1v) is 11.1. The predicted molar refractivity (Wildman–Crippen MR) is 124 cm³/mol. The van der Waals surface area contributed by atoms with E-state index in [1.807, 2.05) is 0 Å². The fraction of sp³-hybridized carbons (Fsp3) is 0.435. The summed E-state index contributed by atoms with van der Waals surface area (Å²) in [5, 5.41) is 3.33. The van der Waals surface area contributed by atoms with Crippen LogP contribution in [0.2, 0.25) is 0 Å². The molecule has 0 amide bonds. The molecular formula is C23H29N7O2. The number of anilines is 4. The third kappa shape index (κ3) is 4.53. The highest BCUT2D eigenvalue weighted by molar-refractivity contribution is 5.73. The van der Waals surface area contributed by atoms with Crippen LogP contribution in [0.3, 0.4) is 0 Å². The van der Waals surface area contributed by atoms with Gasteiger partial charge in [0.2, 0.25) is 5.95 Å². The van der Waals surface area contributed by atoms with Crippen LogP contribution in [-0.2, 0) is 4.74 Å². The molecule has 0 radical (unpaired) electrons. The van der Waals surface area contributed by atoms with Crippen molar-refractivity contribution in [3.63, 3.8) is 0 Å². The first kappa shape index (κ1) is 20.7. The van der Waals surface area contributed by atoms with E-state index in [-0.39, 0.29) is 5.54 Å². The molecule has 2 saturated heterocycles. The number of morpholine rings is 1. The summed E-state index contributed by atoms with van der Waals surface area (Å²) in [6, 6.07) is 8.39. The normalized spacial score (nSPS) is 18.6. The van der Waals surface area contributed by atoms with E-state index in [9.17, 15) is 0 Å². The Kier molecular flexibility index (Phi) is 5.67. The number of aromatic nitrogens is 3. The van der Waals surface area contributed by atoms with Crippen molar-refractivity contribution in [2.45, 2.75) is 25.3 Å². The fourth-order valence-electron chi connectivity index (χ4n) is 4.13. The molecule has 32 heavy (non-hydrogen) atoms. The molecule has 0 spiro atoms. The van der Waals surface area contributed by atoms with Crippen LogP contribution in [0.4, 0.5) is 23.1 Å². The zero-order chi connectivity index (χ0) is 22.0. The van der Waals surface area contributed by atoms with Crippen LogP contribution in [0.1, 0.15) is 19.8 Å². The maximum Gasteiger partial charge on any atom is 0.229 e. The second-order valence-electron chi connectivity index (χ2n) is 8.71. The summed E-state index contributed by atoms with van der Waals surface area (Å²) in [7, 11) is 0. The SMILES string of the molecule is CC1(N)CCN(c2ccc(Nc3ncc(-c4cnco4)c(N4CCOCC4)n3)cc2)CC1. The Labute approximate surface area is 187 Å². The van der Waals surface area contributed by atoms with Gasteiger partial charge in [0.15, 0.2) is 12.2 Å². The van der Waals surface area contributed by atoms with E-state index >= 15 is 0 Å². The Balaban J connectivity index is 1.34. The van der Waals surface area contributed by atoms with Crippen LogP contribution >= 0.6 is 0 Å². The summed E-state index contributed by atoms with van der Waals surface area (Å²) < 4.78 is 11.0. The van der Waals surface area contributed by atoms with Gasteiger partial charge < -0.3 is 30.0 Å². The van der Waals surface area contributed by atoms with Gasteiger partial charge in [-0.1, -0.05) is 0 Å². The number of hydrogen-bond donors (Lipinski definition) is 2. The summed E-state index contributed by atoms with van der Waals surface area (Å²) in [4.78, 5) is 18.0. The van der Waals surface area contributed by atoms with Gasteiger partial charge in [0.25, 0.3) is 0 Å². The molecule has 2 aliphatic heterocycles. The monoisotopic (exact) mass is 435 g/mol. The van der Waals surface area contributed by atoms with Crippen molar-refractivity contribution >= 4 is 23.1 Å². The van der Waals surface area contributed by atoms with Crippen molar-refractivity contribution in [2.75, 3.05) is 54.5 Å². The minimum atomic E-state index is -0.0502. The van der Waals surface area contributed by atoms with Crippen molar-refractivity contribution in [2.24, 2.45) is 5.73 Å². The van der Waals surface area contributed by atoms with E-state index in [1.165, 1.54) is 12.1 Å². The molecule has 3 N–H and O–H groups in total. The van der Waals surface area contributed by atoms with Crippen molar-refractivity contribution in [3.8, 4) is 11.3 Å². The Hall–Kier alpha value is -3.17. The van der Waals surface area contributed by atoms with Crippen LogP contribution in [0.5, 0.6) is 0 Å². The summed E-state index contributed by atoms with van der Waals surface area (Å²) in [6.45, 7) is 6.97. The van der Waals surface area contributed by atoms with Crippen molar-refractivity contribution in [1.82, 2.24) is 15.0 Å². The lowest BCUT2D eigenvalue weighted by Gasteiger charge is -2.38. The molecule has 4 heterocycles. The molecule has 2 aliphatic rings. The molecular weight excluding hydrogens is 406 g/mol. The minimum Gasteiger partial charge on any atom is -0.443 e. The van der Waals surface area contributed by atoms with Crippen LogP contribution in [-0.4, -0.2) is 59.9 Å². The Morgan fingerprint density at radius 2 is 1.75 bits per heavy atom. The minimum absolute atomic E-state index is 0.0502. The first-order chi connectivity index (χ1) is 15.6. The van der Waals surface area contributed by atoms with Crippen LogP contribution in [0, 0.1) is 0 Å². The second kappa shape index (κ2) is 8.76. The lowest BCUT2D eigenvalue weighted by molar-refractivity contribution is 0.122.